The van der Waals surface area contributed by atoms with Crippen molar-refractivity contribution in [1.82, 2.24) is 4.90 Å². The minimum Gasteiger partial charge on any atom is -0.393 e. The Kier molecular flexibility index (Phi) is 3.19. The number of ether oxygens (including phenoxy) is 1. The summed E-state index contributed by atoms with van der Waals surface area (Å²) in [5.41, 5.74) is 0. The number of carbonyl (C=O) groups is 1. The molecular weight excluding hydrogens is 218 g/mol. The molecule has 2 saturated heterocycles. The van der Waals surface area contributed by atoms with Crippen molar-refractivity contribution in [3.63, 3.8) is 0 Å². The van der Waals surface area contributed by atoms with E-state index in [4.69, 9.17) is 4.74 Å². The van der Waals surface area contributed by atoms with E-state index in [2.05, 4.69) is 4.90 Å². The molecule has 0 aromatic rings. The fraction of sp³-hybridized carbons (Fsp3) is 0.923. The molecule has 3 aliphatic rings. The van der Waals surface area contributed by atoms with Gasteiger partial charge in [0, 0.05) is 31.5 Å². The molecule has 4 unspecified atom stereocenters. The van der Waals surface area contributed by atoms with E-state index in [9.17, 15) is 9.90 Å². The van der Waals surface area contributed by atoms with Crippen molar-refractivity contribution in [2.24, 2.45) is 17.8 Å². The van der Waals surface area contributed by atoms with Gasteiger partial charge in [0.25, 0.3) is 0 Å². The van der Waals surface area contributed by atoms with Crippen LogP contribution >= 0.6 is 0 Å². The Bertz CT molecular complexity index is 301. The fourth-order valence-corrected chi connectivity index (χ4v) is 3.60. The lowest BCUT2D eigenvalue weighted by Gasteiger charge is -2.18. The number of carbonyl (C=O) groups excluding carboxylic acids is 1. The van der Waals surface area contributed by atoms with Crippen LogP contribution in [0.4, 0.5) is 0 Å². The second kappa shape index (κ2) is 4.67. The van der Waals surface area contributed by atoms with Crippen LogP contribution in [0.3, 0.4) is 0 Å². The van der Waals surface area contributed by atoms with Gasteiger partial charge in [-0.05, 0) is 25.2 Å². The lowest BCUT2D eigenvalue weighted by molar-refractivity contribution is -0.123. The molecule has 2 aliphatic heterocycles. The van der Waals surface area contributed by atoms with Crippen LogP contribution in [0.2, 0.25) is 0 Å². The van der Waals surface area contributed by atoms with Crippen LogP contribution in [0.5, 0.6) is 0 Å². The SMILES string of the molecule is O=C(CN1CC2CCC(O)C2C1)C1CCOC1. The predicted molar refractivity (Wildman–Crippen MR) is 62.6 cm³/mol. The molecule has 2 heterocycles. The summed E-state index contributed by atoms with van der Waals surface area (Å²) in [6, 6.07) is 0. The molecule has 4 nitrogen and oxygen atoms in total. The van der Waals surface area contributed by atoms with Crippen molar-refractivity contribution in [2.75, 3.05) is 32.8 Å². The maximum atomic E-state index is 12.0. The van der Waals surface area contributed by atoms with Gasteiger partial charge >= 0.3 is 0 Å². The molecule has 3 rings (SSSR count). The van der Waals surface area contributed by atoms with Gasteiger partial charge in [0.1, 0.15) is 0 Å². The zero-order valence-electron chi connectivity index (χ0n) is 10.2. The summed E-state index contributed by atoms with van der Waals surface area (Å²) in [5.74, 6) is 1.50. The van der Waals surface area contributed by atoms with Gasteiger partial charge in [0.2, 0.25) is 0 Å². The first-order chi connectivity index (χ1) is 8.24. The molecule has 0 aromatic carbocycles. The van der Waals surface area contributed by atoms with E-state index < -0.39 is 0 Å². The minimum absolute atomic E-state index is 0.125. The lowest BCUT2D eigenvalue weighted by atomic mass is 10.00. The number of hydrogen-bond donors (Lipinski definition) is 1. The van der Waals surface area contributed by atoms with E-state index in [1.165, 1.54) is 0 Å². The largest absolute Gasteiger partial charge is 0.393 e. The molecule has 0 radical (unpaired) electrons. The molecule has 0 spiro atoms. The maximum Gasteiger partial charge on any atom is 0.152 e. The summed E-state index contributed by atoms with van der Waals surface area (Å²) >= 11 is 0. The Hall–Kier alpha value is -0.450. The van der Waals surface area contributed by atoms with Gasteiger partial charge < -0.3 is 9.84 Å². The van der Waals surface area contributed by atoms with Crippen LogP contribution in [0, 0.1) is 17.8 Å². The zero-order valence-corrected chi connectivity index (χ0v) is 10.2. The highest BCUT2D eigenvalue weighted by Gasteiger charge is 2.42. The monoisotopic (exact) mass is 239 g/mol. The Morgan fingerprint density at radius 2 is 2.18 bits per heavy atom. The van der Waals surface area contributed by atoms with Crippen LogP contribution in [-0.4, -0.2) is 54.7 Å². The summed E-state index contributed by atoms with van der Waals surface area (Å²) < 4.78 is 5.25. The van der Waals surface area contributed by atoms with Gasteiger partial charge in [-0.1, -0.05) is 0 Å². The third kappa shape index (κ3) is 2.26. The van der Waals surface area contributed by atoms with Gasteiger partial charge in [0.15, 0.2) is 5.78 Å². The van der Waals surface area contributed by atoms with Gasteiger partial charge in [-0.2, -0.15) is 0 Å². The normalized spacial score (nSPS) is 41.9. The summed E-state index contributed by atoms with van der Waals surface area (Å²) in [6.45, 7) is 3.82. The highest BCUT2D eigenvalue weighted by molar-refractivity contribution is 5.83. The Labute approximate surface area is 102 Å². The highest BCUT2D eigenvalue weighted by atomic mass is 16.5. The van der Waals surface area contributed by atoms with E-state index in [1.807, 2.05) is 0 Å². The molecule has 17 heavy (non-hydrogen) atoms. The number of rotatable bonds is 3. The summed E-state index contributed by atoms with van der Waals surface area (Å²) in [6.07, 6.45) is 2.84. The lowest BCUT2D eigenvalue weighted by Crippen LogP contribution is -2.33. The molecule has 0 amide bonds. The standard InChI is InChI=1S/C13H21NO3/c15-12-2-1-9-5-14(6-11(9)12)7-13(16)10-3-4-17-8-10/h9-12,15H,1-8H2. The predicted octanol–water partition coefficient (Wildman–Crippen LogP) is 0.295. The van der Waals surface area contributed by atoms with E-state index in [0.29, 0.717) is 30.8 Å². The first-order valence-electron chi connectivity index (χ1n) is 6.75. The maximum absolute atomic E-state index is 12.0. The van der Waals surface area contributed by atoms with Crippen molar-refractivity contribution < 1.29 is 14.6 Å². The van der Waals surface area contributed by atoms with Crippen LogP contribution in [0.25, 0.3) is 0 Å². The first kappa shape index (κ1) is 11.6. The highest BCUT2D eigenvalue weighted by Crippen LogP contribution is 2.38. The number of aliphatic hydroxyl groups excluding tert-OH is 1. The molecule has 0 bridgehead atoms. The van der Waals surface area contributed by atoms with Crippen LogP contribution < -0.4 is 0 Å². The molecule has 0 aromatic heterocycles. The number of Topliss-reactive ketones (excluding diaryl/α,β-unsaturated/α-hetero) is 1. The first-order valence-corrected chi connectivity index (χ1v) is 6.75. The smallest absolute Gasteiger partial charge is 0.152 e. The summed E-state index contributed by atoms with van der Waals surface area (Å²) in [7, 11) is 0. The van der Waals surface area contributed by atoms with Crippen LogP contribution in [0.15, 0.2) is 0 Å². The van der Waals surface area contributed by atoms with E-state index >= 15 is 0 Å². The topological polar surface area (TPSA) is 49.8 Å². The van der Waals surface area contributed by atoms with Crippen molar-refractivity contribution in [3.8, 4) is 0 Å². The summed E-state index contributed by atoms with van der Waals surface area (Å²) in [4.78, 5) is 14.3. The number of aliphatic hydroxyl groups is 1. The number of likely N-dealkylation sites (tertiary alicyclic amines) is 1. The van der Waals surface area contributed by atoms with Gasteiger partial charge in [-0.15, -0.1) is 0 Å². The fourth-order valence-electron chi connectivity index (χ4n) is 3.60. The minimum atomic E-state index is -0.130. The second-order valence-corrected chi connectivity index (χ2v) is 5.79. The molecule has 1 N–H and O–H groups in total. The van der Waals surface area contributed by atoms with Crippen LogP contribution in [0.1, 0.15) is 19.3 Å². The van der Waals surface area contributed by atoms with E-state index in [0.717, 1.165) is 39.0 Å². The quantitative estimate of drug-likeness (QED) is 0.769. The molecule has 4 heteroatoms. The molecule has 96 valence electrons. The molecule has 4 atom stereocenters. The third-order valence-corrected chi connectivity index (χ3v) is 4.66. The van der Waals surface area contributed by atoms with Crippen molar-refractivity contribution in [1.29, 1.82) is 0 Å². The summed E-state index contributed by atoms with van der Waals surface area (Å²) in [5, 5.41) is 9.83. The van der Waals surface area contributed by atoms with Crippen LogP contribution in [-0.2, 0) is 9.53 Å². The van der Waals surface area contributed by atoms with Gasteiger partial charge in [-0.25, -0.2) is 0 Å². The van der Waals surface area contributed by atoms with Crippen molar-refractivity contribution >= 4 is 5.78 Å². The number of fused-ring (bicyclic) bond motifs is 1. The van der Waals surface area contributed by atoms with Gasteiger partial charge in [-0.3, -0.25) is 9.69 Å². The molecule has 1 saturated carbocycles. The second-order valence-electron chi connectivity index (χ2n) is 5.79. The Morgan fingerprint density at radius 1 is 1.29 bits per heavy atom. The van der Waals surface area contributed by atoms with E-state index in [-0.39, 0.29) is 12.0 Å². The van der Waals surface area contributed by atoms with Crippen molar-refractivity contribution in [3.05, 3.63) is 0 Å². The third-order valence-electron chi connectivity index (χ3n) is 4.66. The van der Waals surface area contributed by atoms with E-state index in [1.54, 1.807) is 0 Å². The number of hydrogen-bond acceptors (Lipinski definition) is 4. The van der Waals surface area contributed by atoms with Crippen molar-refractivity contribution in [2.45, 2.75) is 25.4 Å². The number of ketones is 1. The average Bonchev–Trinajstić information content (AvgIpc) is 2.97. The molecule has 1 aliphatic carbocycles. The number of nitrogens with zero attached hydrogens (tertiary/aromatic N) is 1. The van der Waals surface area contributed by atoms with Gasteiger partial charge in [0.05, 0.1) is 19.3 Å². The Balaban J connectivity index is 1.52. The Morgan fingerprint density at radius 3 is 2.88 bits per heavy atom. The molecular formula is C13H21NO3. The average molecular weight is 239 g/mol. The zero-order chi connectivity index (χ0) is 11.8. The molecule has 3 fully saturated rings.